The van der Waals surface area contributed by atoms with Gasteiger partial charge in [0.2, 0.25) is 5.91 Å². The van der Waals surface area contributed by atoms with Crippen LogP contribution in [0.4, 0.5) is 5.13 Å². The van der Waals surface area contributed by atoms with Crippen LogP contribution in [0.5, 0.6) is 0 Å². The number of amides is 1. The molecule has 6 nitrogen and oxygen atoms in total. The third-order valence-corrected chi connectivity index (χ3v) is 6.58. The Hall–Kier alpha value is -2.45. The Balaban J connectivity index is 1.45. The minimum absolute atomic E-state index is 0.232. The van der Waals surface area contributed by atoms with Gasteiger partial charge in [0.05, 0.1) is 15.1 Å². The minimum Gasteiger partial charge on any atom is -0.461 e. The zero-order valence-corrected chi connectivity index (χ0v) is 16.4. The SMILES string of the molecule is CC1CC1c1ccc(/C=C/C(=O)Nc2nc3ccc(S(C)(=O)=O)cc3s2)o1. The van der Waals surface area contributed by atoms with Crippen molar-refractivity contribution in [2.24, 2.45) is 5.92 Å². The van der Waals surface area contributed by atoms with Crippen LogP contribution in [-0.4, -0.2) is 25.6 Å². The number of aromatic nitrogens is 1. The molecule has 1 saturated carbocycles. The summed E-state index contributed by atoms with van der Waals surface area (Å²) in [6.07, 6.45) is 5.33. The van der Waals surface area contributed by atoms with Crippen LogP contribution < -0.4 is 5.32 Å². The Morgan fingerprint density at radius 2 is 2.11 bits per heavy atom. The van der Waals surface area contributed by atoms with E-state index in [4.69, 9.17) is 4.42 Å². The number of hydrogen-bond acceptors (Lipinski definition) is 6. The Bertz CT molecular complexity index is 1160. The molecule has 4 rings (SSSR count). The van der Waals surface area contributed by atoms with Crippen LogP contribution in [0.25, 0.3) is 16.3 Å². The molecule has 0 radical (unpaired) electrons. The second-order valence-electron chi connectivity index (χ2n) is 6.80. The van der Waals surface area contributed by atoms with Crippen molar-refractivity contribution in [1.82, 2.24) is 4.98 Å². The largest absolute Gasteiger partial charge is 0.461 e. The molecule has 3 aromatic rings. The molecule has 2 aromatic heterocycles. The second-order valence-corrected chi connectivity index (χ2v) is 9.85. The highest BCUT2D eigenvalue weighted by Gasteiger charge is 2.36. The van der Waals surface area contributed by atoms with Gasteiger partial charge in [-0.25, -0.2) is 13.4 Å². The molecule has 1 aromatic carbocycles. The normalized spacial score (nSPS) is 19.6. The van der Waals surface area contributed by atoms with E-state index in [9.17, 15) is 13.2 Å². The summed E-state index contributed by atoms with van der Waals surface area (Å²) in [7, 11) is -3.28. The summed E-state index contributed by atoms with van der Waals surface area (Å²) in [5.41, 5.74) is 0.640. The van der Waals surface area contributed by atoms with Crippen molar-refractivity contribution in [3.8, 4) is 0 Å². The van der Waals surface area contributed by atoms with E-state index in [0.717, 1.165) is 18.4 Å². The number of fused-ring (bicyclic) bond motifs is 1. The van der Waals surface area contributed by atoms with Gasteiger partial charge in [-0.3, -0.25) is 10.1 Å². The Morgan fingerprint density at radius 1 is 1.33 bits per heavy atom. The van der Waals surface area contributed by atoms with Crippen LogP contribution in [0.1, 0.15) is 30.8 Å². The first-order valence-corrected chi connectivity index (χ1v) is 11.2. The van der Waals surface area contributed by atoms with Crippen LogP contribution >= 0.6 is 11.3 Å². The van der Waals surface area contributed by atoms with Gasteiger partial charge in [0, 0.05) is 18.2 Å². The van der Waals surface area contributed by atoms with Crippen molar-refractivity contribution in [2.45, 2.75) is 24.2 Å². The second kappa shape index (κ2) is 6.61. The lowest BCUT2D eigenvalue weighted by atomic mass is 10.3. The molecule has 1 amide bonds. The highest BCUT2D eigenvalue weighted by Crippen LogP contribution is 2.47. The molecule has 0 bridgehead atoms. The van der Waals surface area contributed by atoms with Crippen LogP contribution in [0.2, 0.25) is 0 Å². The summed E-state index contributed by atoms with van der Waals surface area (Å²) in [6.45, 7) is 2.19. The molecule has 140 valence electrons. The highest BCUT2D eigenvalue weighted by molar-refractivity contribution is 7.90. The fourth-order valence-corrected chi connectivity index (χ4v) is 4.50. The summed E-state index contributed by atoms with van der Waals surface area (Å²) in [6, 6.07) is 8.53. The first-order chi connectivity index (χ1) is 12.8. The first-order valence-electron chi connectivity index (χ1n) is 8.49. The van der Waals surface area contributed by atoms with Gasteiger partial charge < -0.3 is 4.42 Å². The smallest absolute Gasteiger partial charge is 0.250 e. The van der Waals surface area contributed by atoms with Crippen molar-refractivity contribution in [3.05, 3.63) is 47.9 Å². The molecule has 0 aliphatic heterocycles. The molecule has 0 saturated heterocycles. The number of furan rings is 1. The van der Waals surface area contributed by atoms with Gasteiger partial charge in [-0.1, -0.05) is 18.3 Å². The number of carbonyl (C=O) groups excluding carboxylic acids is 1. The van der Waals surface area contributed by atoms with Crippen molar-refractivity contribution in [2.75, 3.05) is 11.6 Å². The van der Waals surface area contributed by atoms with Gasteiger partial charge in [-0.2, -0.15) is 0 Å². The number of sulfone groups is 1. The maximum absolute atomic E-state index is 12.1. The lowest BCUT2D eigenvalue weighted by Crippen LogP contribution is -2.07. The summed E-state index contributed by atoms with van der Waals surface area (Å²) >= 11 is 1.23. The number of thiazole rings is 1. The topological polar surface area (TPSA) is 89.3 Å². The summed E-state index contributed by atoms with van der Waals surface area (Å²) in [4.78, 5) is 16.7. The molecule has 0 spiro atoms. The van der Waals surface area contributed by atoms with Crippen molar-refractivity contribution >= 4 is 48.5 Å². The van der Waals surface area contributed by atoms with E-state index in [0.29, 0.717) is 32.9 Å². The molecule has 1 aliphatic rings. The number of carbonyl (C=O) groups is 1. The van der Waals surface area contributed by atoms with E-state index >= 15 is 0 Å². The van der Waals surface area contributed by atoms with E-state index in [1.165, 1.54) is 23.5 Å². The average molecular weight is 402 g/mol. The molecule has 2 atom stereocenters. The van der Waals surface area contributed by atoms with Crippen LogP contribution in [0, 0.1) is 5.92 Å². The lowest BCUT2D eigenvalue weighted by Gasteiger charge is -1.96. The summed E-state index contributed by atoms with van der Waals surface area (Å²) < 4.78 is 29.7. The minimum atomic E-state index is -3.28. The van der Waals surface area contributed by atoms with Crippen LogP contribution in [-0.2, 0) is 14.6 Å². The maximum atomic E-state index is 12.1. The number of nitrogens with zero attached hydrogens (tertiary/aromatic N) is 1. The van der Waals surface area contributed by atoms with Gasteiger partial charge in [0.25, 0.3) is 0 Å². The van der Waals surface area contributed by atoms with E-state index in [2.05, 4.69) is 17.2 Å². The average Bonchev–Trinajstić information content (AvgIpc) is 3.01. The number of benzene rings is 1. The summed E-state index contributed by atoms with van der Waals surface area (Å²) in [5.74, 6) is 2.45. The van der Waals surface area contributed by atoms with E-state index in [1.54, 1.807) is 18.2 Å². The fourth-order valence-electron chi connectivity index (χ4n) is 2.87. The predicted octanol–water partition coefficient (Wildman–Crippen LogP) is 4.07. The van der Waals surface area contributed by atoms with Crippen molar-refractivity contribution in [3.63, 3.8) is 0 Å². The molecule has 2 unspecified atom stereocenters. The number of rotatable bonds is 5. The molecule has 1 fully saturated rings. The van der Waals surface area contributed by atoms with E-state index < -0.39 is 9.84 Å². The fraction of sp³-hybridized carbons (Fsp3) is 0.263. The Labute approximate surface area is 160 Å². The first kappa shape index (κ1) is 17.9. The number of nitrogens with one attached hydrogen (secondary N) is 1. The number of hydrogen-bond donors (Lipinski definition) is 1. The van der Waals surface area contributed by atoms with Crippen molar-refractivity contribution in [1.29, 1.82) is 0 Å². The third kappa shape index (κ3) is 3.96. The number of anilines is 1. The van der Waals surface area contributed by atoms with Crippen LogP contribution in [0.15, 0.2) is 45.7 Å². The molecule has 2 heterocycles. The maximum Gasteiger partial charge on any atom is 0.250 e. The molecule has 27 heavy (non-hydrogen) atoms. The van der Waals surface area contributed by atoms with Gasteiger partial charge in [-0.05, 0) is 48.7 Å². The summed E-state index contributed by atoms with van der Waals surface area (Å²) in [5, 5.41) is 3.11. The predicted molar refractivity (Wildman–Crippen MR) is 106 cm³/mol. The quantitative estimate of drug-likeness (QED) is 0.650. The molecule has 8 heteroatoms. The molecule has 1 aliphatic carbocycles. The molecular formula is C19H18N2O4S2. The van der Waals surface area contributed by atoms with Gasteiger partial charge >= 0.3 is 0 Å². The van der Waals surface area contributed by atoms with Gasteiger partial charge in [-0.15, -0.1) is 0 Å². The standard InChI is InChI=1S/C19H18N2O4S2/c1-11-9-14(11)16-7-3-12(25-16)4-8-18(22)21-19-20-15-6-5-13(27(2,23)24)10-17(15)26-19/h3-8,10-11,14H,9H2,1-2H3,(H,20,21,22)/b8-4+. The van der Waals surface area contributed by atoms with E-state index in [-0.39, 0.29) is 10.8 Å². The van der Waals surface area contributed by atoms with Crippen LogP contribution in [0.3, 0.4) is 0 Å². The van der Waals surface area contributed by atoms with Gasteiger partial charge in [0.1, 0.15) is 11.5 Å². The zero-order valence-electron chi connectivity index (χ0n) is 14.8. The van der Waals surface area contributed by atoms with Gasteiger partial charge in [0.15, 0.2) is 15.0 Å². The zero-order chi connectivity index (χ0) is 19.2. The lowest BCUT2D eigenvalue weighted by molar-refractivity contribution is -0.111. The Kier molecular flexibility index (Phi) is 4.39. The van der Waals surface area contributed by atoms with Crippen molar-refractivity contribution < 1.29 is 17.6 Å². The molecular weight excluding hydrogens is 384 g/mol. The Morgan fingerprint density at radius 3 is 2.81 bits per heavy atom. The third-order valence-electron chi connectivity index (χ3n) is 4.54. The highest BCUT2D eigenvalue weighted by atomic mass is 32.2. The monoisotopic (exact) mass is 402 g/mol. The van der Waals surface area contributed by atoms with E-state index in [1.807, 2.05) is 12.1 Å². The molecule has 1 N–H and O–H groups in total.